The molecule has 2 atom stereocenters. The number of nitrogens with zero attached hydrogens (tertiary/aromatic N) is 1. The lowest BCUT2D eigenvalue weighted by molar-refractivity contribution is 0.0939. The van der Waals surface area contributed by atoms with Gasteiger partial charge in [-0.2, -0.15) is 0 Å². The normalized spacial score (nSPS) is 21.1. The van der Waals surface area contributed by atoms with Crippen molar-refractivity contribution in [2.24, 2.45) is 17.6 Å². The monoisotopic (exact) mass is 271 g/mol. The number of rotatable bonds is 3. The van der Waals surface area contributed by atoms with E-state index >= 15 is 0 Å². The molecule has 0 saturated heterocycles. The SMILES string of the molecule is CC1CCCC1CNC(=O)c1ccc(C#CCN)cn1. The van der Waals surface area contributed by atoms with E-state index in [9.17, 15) is 4.79 Å². The summed E-state index contributed by atoms with van der Waals surface area (Å²) in [5, 5.41) is 2.98. The van der Waals surface area contributed by atoms with Crippen molar-refractivity contribution in [3.8, 4) is 11.8 Å². The average molecular weight is 271 g/mol. The first-order valence-corrected chi connectivity index (χ1v) is 7.14. The summed E-state index contributed by atoms with van der Waals surface area (Å²) in [7, 11) is 0. The summed E-state index contributed by atoms with van der Waals surface area (Å²) in [6.07, 6.45) is 5.36. The third-order valence-electron chi connectivity index (χ3n) is 3.89. The molecule has 1 saturated carbocycles. The van der Waals surface area contributed by atoms with Crippen molar-refractivity contribution in [2.45, 2.75) is 26.2 Å². The molecule has 0 spiro atoms. The van der Waals surface area contributed by atoms with Gasteiger partial charge in [-0.05, 0) is 30.4 Å². The molecule has 1 heterocycles. The zero-order valence-electron chi connectivity index (χ0n) is 11.9. The largest absolute Gasteiger partial charge is 0.350 e. The van der Waals surface area contributed by atoms with Crippen LogP contribution in [0, 0.1) is 23.7 Å². The van der Waals surface area contributed by atoms with Gasteiger partial charge in [0.1, 0.15) is 5.69 Å². The quantitative estimate of drug-likeness (QED) is 0.820. The molecule has 0 bridgehead atoms. The highest BCUT2D eigenvalue weighted by atomic mass is 16.1. The summed E-state index contributed by atoms with van der Waals surface area (Å²) >= 11 is 0. The van der Waals surface area contributed by atoms with Crippen molar-refractivity contribution in [2.75, 3.05) is 13.1 Å². The number of hydrogen-bond acceptors (Lipinski definition) is 3. The Morgan fingerprint density at radius 3 is 2.95 bits per heavy atom. The molecule has 0 aliphatic heterocycles. The van der Waals surface area contributed by atoms with E-state index in [-0.39, 0.29) is 5.91 Å². The van der Waals surface area contributed by atoms with Crippen LogP contribution in [0.3, 0.4) is 0 Å². The molecule has 2 unspecified atom stereocenters. The highest BCUT2D eigenvalue weighted by molar-refractivity contribution is 5.92. The Balaban J connectivity index is 1.89. The molecule has 106 valence electrons. The lowest BCUT2D eigenvalue weighted by Crippen LogP contribution is -2.30. The van der Waals surface area contributed by atoms with Crippen LogP contribution in [0.2, 0.25) is 0 Å². The third kappa shape index (κ3) is 3.82. The number of aromatic nitrogens is 1. The first-order chi connectivity index (χ1) is 9.70. The van der Waals surface area contributed by atoms with E-state index in [0.717, 1.165) is 12.1 Å². The second kappa shape index (κ2) is 7.06. The molecule has 1 aliphatic rings. The summed E-state index contributed by atoms with van der Waals surface area (Å²) in [6.45, 7) is 3.32. The van der Waals surface area contributed by atoms with Crippen LogP contribution in [0.15, 0.2) is 18.3 Å². The van der Waals surface area contributed by atoms with Crippen molar-refractivity contribution < 1.29 is 4.79 Å². The maximum Gasteiger partial charge on any atom is 0.269 e. The van der Waals surface area contributed by atoms with E-state index in [1.165, 1.54) is 19.3 Å². The summed E-state index contributed by atoms with van der Waals surface area (Å²) < 4.78 is 0. The standard InChI is InChI=1S/C16H21N3O/c1-12-4-2-6-14(12)11-19-16(20)15-8-7-13(10-18-15)5-3-9-17/h7-8,10,12,14H,2,4,6,9,11,17H2,1H3,(H,19,20). The number of hydrogen-bond donors (Lipinski definition) is 2. The molecule has 2 rings (SSSR count). The number of pyridine rings is 1. The average Bonchev–Trinajstić information content (AvgIpc) is 2.88. The van der Waals surface area contributed by atoms with Gasteiger partial charge in [0, 0.05) is 18.3 Å². The molecule has 4 heteroatoms. The second-order valence-corrected chi connectivity index (χ2v) is 5.32. The molecule has 1 fully saturated rings. The smallest absolute Gasteiger partial charge is 0.269 e. The van der Waals surface area contributed by atoms with E-state index in [0.29, 0.717) is 24.1 Å². The Kier molecular flexibility index (Phi) is 5.14. The minimum Gasteiger partial charge on any atom is -0.350 e. The van der Waals surface area contributed by atoms with Gasteiger partial charge >= 0.3 is 0 Å². The van der Waals surface area contributed by atoms with Gasteiger partial charge in [-0.25, -0.2) is 4.98 Å². The summed E-state index contributed by atoms with van der Waals surface area (Å²) in [4.78, 5) is 16.1. The Labute approximate surface area is 120 Å². The maximum absolute atomic E-state index is 12.0. The fraction of sp³-hybridized carbons (Fsp3) is 0.500. The first-order valence-electron chi connectivity index (χ1n) is 7.14. The van der Waals surface area contributed by atoms with E-state index in [1.54, 1.807) is 18.3 Å². The fourth-order valence-electron chi connectivity index (χ4n) is 2.60. The molecule has 0 radical (unpaired) electrons. The highest BCUT2D eigenvalue weighted by Crippen LogP contribution is 2.30. The van der Waals surface area contributed by atoms with Crippen molar-refractivity contribution in [1.82, 2.24) is 10.3 Å². The van der Waals surface area contributed by atoms with E-state index in [2.05, 4.69) is 29.1 Å². The number of nitrogens with one attached hydrogen (secondary N) is 1. The van der Waals surface area contributed by atoms with Crippen LogP contribution in [0.5, 0.6) is 0 Å². The lowest BCUT2D eigenvalue weighted by Gasteiger charge is -2.15. The predicted molar refractivity (Wildman–Crippen MR) is 79.0 cm³/mol. The van der Waals surface area contributed by atoms with Crippen molar-refractivity contribution in [3.63, 3.8) is 0 Å². The molecule has 1 aromatic rings. The molecule has 20 heavy (non-hydrogen) atoms. The summed E-state index contributed by atoms with van der Waals surface area (Å²) in [5.41, 5.74) is 6.52. The van der Waals surface area contributed by atoms with Crippen LogP contribution in [-0.2, 0) is 0 Å². The molecule has 1 amide bonds. The van der Waals surface area contributed by atoms with Crippen molar-refractivity contribution >= 4 is 5.91 Å². The minimum absolute atomic E-state index is 0.109. The third-order valence-corrected chi connectivity index (χ3v) is 3.89. The number of carbonyl (C=O) groups is 1. The Hall–Kier alpha value is -1.86. The van der Waals surface area contributed by atoms with Crippen LogP contribution in [-0.4, -0.2) is 24.0 Å². The molecule has 1 aliphatic carbocycles. The van der Waals surface area contributed by atoms with E-state index < -0.39 is 0 Å². The van der Waals surface area contributed by atoms with Gasteiger partial charge in [0.25, 0.3) is 5.91 Å². The summed E-state index contributed by atoms with van der Waals surface area (Å²) in [6, 6.07) is 3.50. The van der Waals surface area contributed by atoms with Gasteiger partial charge in [0.2, 0.25) is 0 Å². The zero-order chi connectivity index (χ0) is 14.4. The Morgan fingerprint density at radius 1 is 1.50 bits per heavy atom. The number of carbonyl (C=O) groups excluding carboxylic acids is 1. The van der Waals surface area contributed by atoms with E-state index in [1.807, 2.05) is 0 Å². The van der Waals surface area contributed by atoms with Crippen molar-refractivity contribution in [1.29, 1.82) is 0 Å². The van der Waals surface area contributed by atoms with Gasteiger partial charge in [-0.1, -0.05) is 31.6 Å². The Morgan fingerprint density at radius 2 is 2.35 bits per heavy atom. The van der Waals surface area contributed by atoms with Crippen molar-refractivity contribution in [3.05, 3.63) is 29.6 Å². The fourth-order valence-corrected chi connectivity index (χ4v) is 2.60. The van der Waals surface area contributed by atoms with E-state index in [4.69, 9.17) is 5.73 Å². The van der Waals surface area contributed by atoms with Crippen LogP contribution >= 0.6 is 0 Å². The topological polar surface area (TPSA) is 68.0 Å². The van der Waals surface area contributed by atoms with Gasteiger partial charge in [-0.3, -0.25) is 4.79 Å². The Bertz CT molecular complexity index is 513. The number of nitrogens with two attached hydrogens (primary N) is 1. The van der Waals surface area contributed by atoms with Crippen LogP contribution in [0.25, 0.3) is 0 Å². The highest BCUT2D eigenvalue weighted by Gasteiger charge is 2.23. The molecule has 1 aromatic heterocycles. The van der Waals surface area contributed by atoms with Crippen LogP contribution in [0.4, 0.5) is 0 Å². The van der Waals surface area contributed by atoms with Gasteiger partial charge in [0.15, 0.2) is 0 Å². The summed E-state index contributed by atoms with van der Waals surface area (Å²) in [5.74, 6) is 6.84. The van der Waals surface area contributed by atoms with Gasteiger partial charge in [0.05, 0.1) is 6.54 Å². The van der Waals surface area contributed by atoms with Gasteiger partial charge < -0.3 is 11.1 Å². The maximum atomic E-state index is 12.0. The molecule has 0 aromatic carbocycles. The molecule has 3 N–H and O–H groups in total. The molecular formula is C16H21N3O. The van der Waals surface area contributed by atoms with Crippen LogP contribution in [0.1, 0.15) is 42.2 Å². The number of amides is 1. The predicted octanol–water partition coefficient (Wildman–Crippen LogP) is 1.56. The second-order valence-electron chi connectivity index (χ2n) is 5.32. The lowest BCUT2D eigenvalue weighted by atomic mass is 9.98. The van der Waals surface area contributed by atoms with Gasteiger partial charge in [-0.15, -0.1) is 0 Å². The molecular weight excluding hydrogens is 250 g/mol. The minimum atomic E-state index is -0.109. The molecule has 4 nitrogen and oxygen atoms in total. The zero-order valence-corrected chi connectivity index (χ0v) is 11.9. The van der Waals surface area contributed by atoms with Crippen LogP contribution < -0.4 is 11.1 Å². The first kappa shape index (κ1) is 14.5.